The highest BCUT2D eigenvalue weighted by Gasteiger charge is 2.16. The van der Waals surface area contributed by atoms with Gasteiger partial charge in [0.25, 0.3) is 0 Å². The summed E-state index contributed by atoms with van der Waals surface area (Å²) in [6.07, 6.45) is 0. The number of benzene rings is 1. The molecule has 0 saturated heterocycles. The first-order chi connectivity index (χ1) is 7.99. The molecule has 0 bridgehead atoms. The van der Waals surface area contributed by atoms with E-state index < -0.39 is 0 Å². The Bertz CT molecular complexity index is 545. The van der Waals surface area contributed by atoms with E-state index in [2.05, 4.69) is 61.0 Å². The minimum atomic E-state index is -0.0389. The van der Waals surface area contributed by atoms with Crippen molar-refractivity contribution in [1.29, 1.82) is 0 Å². The molecule has 0 aliphatic carbocycles. The monoisotopic (exact) mass is 309 g/mol. The summed E-state index contributed by atoms with van der Waals surface area (Å²) < 4.78 is 1.12. The maximum Gasteiger partial charge on any atom is 0.0660 e. The van der Waals surface area contributed by atoms with Gasteiger partial charge < -0.3 is 5.73 Å². The van der Waals surface area contributed by atoms with Crippen LogP contribution in [0.4, 0.5) is 0 Å². The maximum absolute atomic E-state index is 6.38. The van der Waals surface area contributed by atoms with Crippen molar-refractivity contribution in [3.05, 3.63) is 55.2 Å². The number of rotatable bonds is 2. The fourth-order valence-corrected chi connectivity index (χ4v) is 3.87. The van der Waals surface area contributed by atoms with Gasteiger partial charge in [-0.15, -0.1) is 11.3 Å². The van der Waals surface area contributed by atoms with Crippen LogP contribution in [-0.4, -0.2) is 0 Å². The summed E-state index contributed by atoms with van der Waals surface area (Å²) in [6.45, 7) is 6.32. The number of aryl methyl sites for hydroxylation is 3. The molecule has 0 spiro atoms. The summed E-state index contributed by atoms with van der Waals surface area (Å²) in [5, 5.41) is 0. The second kappa shape index (κ2) is 4.92. The summed E-state index contributed by atoms with van der Waals surface area (Å²) >= 11 is 5.35. The quantitative estimate of drug-likeness (QED) is 0.869. The van der Waals surface area contributed by atoms with E-state index in [0.717, 1.165) is 4.47 Å². The predicted octanol–water partition coefficient (Wildman–Crippen LogP) is 4.48. The van der Waals surface area contributed by atoms with Crippen molar-refractivity contribution >= 4 is 27.3 Å². The Morgan fingerprint density at radius 1 is 1.18 bits per heavy atom. The molecule has 1 atom stereocenters. The molecule has 1 unspecified atom stereocenters. The lowest BCUT2D eigenvalue weighted by molar-refractivity contribution is 0.876. The molecule has 90 valence electrons. The number of thiophene rings is 1. The second-order valence-corrected chi connectivity index (χ2v) is 6.55. The first-order valence-corrected chi connectivity index (χ1v) is 7.18. The topological polar surface area (TPSA) is 26.0 Å². The lowest BCUT2D eigenvalue weighted by atomic mass is 9.98. The van der Waals surface area contributed by atoms with Crippen LogP contribution in [0.1, 0.15) is 32.5 Å². The predicted molar refractivity (Wildman–Crippen MR) is 78.7 cm³/mol. The number of hydrogen-bond acceptors (Lipinski definition) is 2. The Morgan fingerprint density at radius 2 is 1.88 bits per heavy atom. The highest BCUT2D eigenvalue weighted by molar-refractivity contribution is 9.10. The highest BCUT2D eigenvalue weighted by atomic mass is 79.9. The fourth-order valence-electron chi connectivity index (χ4n) is 1.95. The summed E-state index contributed by atoms with van der Waals surface area (Å²) in [4.78, 5) is 2.49. The van der Waals surface area contributed by atoms with Crippen molar-refractivity contribution in [2.75, 3.05) is 0 Å². The average Bonchev–Trinajstić information content (AvgIpc) is 2.60. The van der Waals surface area contributed by atoms with Crippen molar-refractivity contribution < 1.29 is 0 Å². The first kappa shape index (κ1) is 12.8. The smallest absolute Gasteiger partial charge is 0.0660 e. The number of halogens is 1. The van der Waals surface area contributed by atoms with Gasteiger partial charge >= 0.3 is 0 Å². The highest BCUT2D eigenvalue weighted by Crippen LogP contribution is 2.35. The van der Waals surface area contributed by atoms with Gasteiger partial charge in [0, 0.05) is 14.2 Å². The van der Waals surface area contributed by atoms with E-state index in [1.54, 1.807) is 11.3 Å². The van der Waals surface area contributed by atoms with E-state index in [1.165, 1.54) is 26.4 Å². The van der Waals surface area contributed by atoms with Crippen LogP contribution in [-0.2, 0) is 0 Å². The third-order valence-electron chi connectivity index (χ3n) is 2.89. The fraction of sp³-hybridized carbons (Fsp3) is 0.286. The summed E-state index contributed by atoms with van der Waals surface area (Å²) in [7, 11) is 0. The van der Waals surface area contributed by atoms with Crippen molar-refractivity contribution in [1.82, 2.24) is 0 Å². The van der Waals surface area contributed by atoms with E-state index in [9.17, 15) is 0 Å². The van der Waals surface area contributed by atoms with Gasteiger partial charge in [0.05, 0.1) is 6.04 Å². The molecular weight excluding hydrogens is 294 g/mol. The second-order valence-electron chi connectivity index (χ2n) is 4.41. The molecule has 0 saturated carbocycles. The van der Waals surface area contributed by atoms with Gasteiger partial charge in [-0.3, -0.25) is 0 Å². The Kier molecular flexibility index (Phi) is 3.71. The molecule has 0 fully saturated rings. The summed E-state index contributed by atoms with van der Waals surface area (Å²) in [5.74, 6) is 0. The largest absolute Gasteiger partial charge is 0.320 e. The molecule has 2 aromatic rings. The van der Waals surface area contributed by atoms with E-state index in [0.29, 0.717) is 0 Å². The third-order valence-corrected chi connectivity index (χ3v) is 4.94. The van der Waals surface area contributed by atoms with E-state index in [-0.39, 0.29) is 6.04 Å². The molecule has 17 heavy (non-hydrogen) atoms. The number of nitrogens with two attached hydrogens (primary N) is 1. The molecule has 0 aliphatic rings. The molecule has 2 N–H and O–H groups in total. The van der Waals surface area contributed by atoms with Crippen LogP contribution in [0.5, 0.6) is 0 Å². The lowest BCUT2D eigenvalue weighted by Gasteiger charge is -2.15. The Morgan fingerprint density at radius 3 is 2.47 bits per heavy atom. The standard InChI is InChI=1S/C14H16BrNS/c1-8-4-5-9(2)11(6-8)13(16)14-12(15)7-10(3)17-14/h4-7,13H,16H2,1-3H3. The Balaban J connectivity index is 2.46. The minimum Gasteiger partial charge on any atom is -0.320 e. The SMILES string of the molecule is Cc1ccc(C)c(C(N)c2sc(C)cc2Br)c1. The van der Waals surface area contributed by atoms with Gasteiger partial charge in [-0.25, -0.2) is 0 Å². The lowest BCUT2D eigenvalue weighted by Crippen LogP contribution is -2.12. The Labute approximate surface area is 115 Å². The van der Waals surface area contributed by atoms with Gasteiger partial charge in [0.15, 0.2) is 0 Å². The normalized spacial score (nSPS) is 12.8. The molecule has 0 amide bonds. The molecule has 3 heteroatoms. The van der Waals surface area contributed by atoms with Crippen molar-refractivity contribution in [2.45, 2.75) is 26.8 Å². The van der Waals surface area contributed by atoms with E-state index >= 15 is 0 Å². The van der Waals surface area contributed by atoms with Crippen LogP contribution in [0.15, 0.2) is 28.7 Å². The Hall–Kier alpha value is -0.640. The maximum atomic E-state index is 6.38. The van der Waals surface area contributed by atoms with Crippen LogP contribution in [0.25, 0.3) is 0 Å². The van der Waals surface area contributed by atoms with Crippen molar-refractivity contribution in [3.63, 3.8) is 0 Å². The number of hydrogen-bond donors (Lipinski definition) is 1. The van der Waals surface area contributed by atoms with E-state index in [4.69, 9.17) is 5.73 Å². The van der Waals surface area contributed by atoms with Crippen LogP contribution >= 0.6 is 27.3 Å². The zero-order valence-electron chi connectivity index (χ0n) is 10.3. The minimum absolute atomic E-state index is 0.0389. The van der Waals surface area contributed by atoms with Gasteiger partial charge in [-0.05, 0) is 53.9 Å². The van der Waals surface area contributed by atoms with Gasteiger partial charge in [-0.2, -0.15) is 0 Å². The molecule has 0 radical (unpaired) electrons. The van der Waals surface area contributed by atoms with Gasteiger partial charge in [-0.1, -0.05) is 23.8 Å². The van der Waals surface area contributed by atoms with Crippen molar-refractivity contribution in [2.24, 2.45) is 5.73 Å². The first-order valence-electron chi connectivity index (χ1n) is 5.57. The van der Waals surface area contributed by atoms with Crippen LogP contribution < -0.4 is 5.73 Å². The van der Waals surface area contributed by atoms with E-state index in [1.807, 2.05) is 0 Å². The molecule has 2 rings (SSSR count). The van der Waals surface area contributed by atoms with Gasteiger partial charge in [0.1, 0.15) is 0 Å². The molecule has 1 heterocycles. The van der Waals surface area contributed by atoms with Crippen molar-refractivity contribution in [3.8, 4) is 0 Å². The van der Waals surface area contributed by atoms with Crippen LogP contribution in [0.2, 0.25) is 0 Å². The van der Waals surface area contributed by atoms with Crippen LogP contribution in [0.3, 0.4) is 0 Å². The summed E-state index contributed by atoms with van der Waals surface area (Å²) in [6, 6.07) is 8.54. The molecule has 1 aromatic heterocycles. The zero-order chi connectivity index (χ0) is 12.6. The average molecular weight is 310 g/mol. The van der Waals surface area contributed by atoms with Crippen LogP contribution in [0, 0.1) is 20.8 Å². The van der Waals surface area contributed by atoms with Gasteiger partial charge in [0.2, 0.25) is 0 Å². The molecule has 0 aliphatic heterocycles. The zero-order valence-corrected chi connectivity index (χ0v) is 12.7. The molecule has 1 nitrogen and oxygen atoms in total. The summed E-state index contributed by atoms with van der Waals surface area (Å²) in [5.41, 5.74) is 10.1. The third kappa shape index (κ3) is 2.62. The molecular formula is C14H16BrNS. The molecule has 1 aromatic carbocycles.